The van der Waals surface area contributed by atoms with Gasteiger partial charge in [-0.3, -0.25) is 4.99 Å². The average Bonchev–Trinajstić information content (AvgIpc) is 2.22. The van der Waals surface area contributed by atoms with Crippen molar-refractivity contribution in [3.63, 3.8) is 0 Å². The molecule has 4 heteroatoms. The summed E-state index contributed by atoms with van der Waals surface area (Å²) < 4.78 is 1.01. The second-order valence-corrected chi connectivity index (χ2v) is 3.30. The molecule has 0 saturated carbocycles. The molecular weight excluding hydrogens is 190 g/mol. The molecule has 0 spiro atoms. The monoisotopic (exact) mass is 203 g/mol. The van der Waals surface area contributed by atoms with E-state index in [-0.39, 0.29) is 0 Å². The van der Waals surface area contributed by atoms with Crippen LogP contribution in [0.4, 0.5) is 5.69 Å². The number of nitrogen functional groups attached to an aromatic ring is 1. The summed E-state index contributed by atoms with van der Waals surface area (Å²) in [5.41, 5.74) is 8.31. The van der Waals surface area contributed by atoms with Gasteiger partial charge in [0.15, 0.2) is 0 Å². The van der Waals surface area contributed by atoms with Crippen molar-refractivity contribution in [2.24, 2.45) is 4.99 Å². The van der Waals surface area contributed by atoms with Gasteiger partial charge in [0.25, 0.3) is 0 Å². The SMILES string of the molecule is CCN=c1ccc(N)c2ccn(O)cc1-2. The number of pyridine rings is 1. The molecule has 78 valence electrons. The van der Waals surface area contributed by atoms with Gasteiger partial charge in [-0.15, -0.1) is 0 Å². The molecule has 0 atom stereocenters. The van der Waals surface area contributed by atoms with Gasteiger partial charge in [0.2, 0.25) is 0 Å². The lowest BCUT2D eigenvalue weighted by molar-refractivity contribution is 0.184. The summed E-state index contributed by atoms with van der Waals surface area (Å²) in [5.74, 6) is 0. The van der Waals surface area contributed by atoms with Crippen LogP contribution in [0.5, 0.6) is 0 Å². The zero-order valence-electron chi connectivity index (χ0n) is 8.51. The van der Waals surface area contributed by atoms with Crippen LogP contribution in [0.1, 0.15) is 6.92 Å². The highest BCUT2D eigenvalue weighted by atomic mass is 16.5. The van der Waals surface area contributed by atoms with E-state index in [1.807, 2.05) is 19.1 Å². The van der Waals surface area contributed by atoms with Crippen molar-refractivity contribution in [2.75, 3.05) is 12.3 Å². The highest BCUT2D eigenvalue weighted by Gasteiger charge is 2.07. The largest absolute Gasteiger partial charge is 0.429 e. The molecular formula is C11H13N3O. The average molecular weight is 203 g/mol. The second-order valence-electron chi connectivity index (χ2n) is 3.30. The zero-order chi connectivity index (χ0) is 10.8. The van der Waals surface area contributed by atoms with Gasteiger partial charge in [0.05, 0.1) is 11.6 Å². The van der Waals surface area contributed by atoms with E-state index in [2.05, 4.69) is 4.99 Å². The zero-order valence-corrected chi connectivity index (χ0v) is 8.51. The molecule has 0 unspecified atom stereocenters. The highest BCUT2D eigenvalue weighted by molar-refractivity contribution is 5.76. The predicted octanol–water partition coefficient (Wildman–Crippen LogP) is 1.33. The molecule has 0 aromatic rings. The summed E-state index contributed by atoms with van der Waals surface area (Å²) in [5, 5.41) is 10.2. The fourth-order valence-corrected chi connectivity index (χ4v) is 1.60. The number of anilines is 1. The van der Waals surface area contributed by atoms with Gasteiger partial charge in [-0.2, -0.15) is 0 Å². The van der Waals surface area contributed by atoms with Crippen molar-refractivity contribution in [3.05, 3.63) is 36.0 Å². The Bertz CT molecular complexity index is 516. The number of hydrogen-bond donors (Lipinski definition) is 2. The van der Waals surface area contributed by atoms with E-state index in [1.54, 1.807) is 18.5 Å². The summed E-state index contributed by atoms with van der Waals surface area (Å²) in [6.45, 7) is 2.68. The van der Waals surface area contributed by atoms with Crippen molar-refractivity contribution >= 4 is 5.69 Å². The van der Waals surface area contributed by atoms with Crippen molar-refractivity contribution in [2.45, 2.75) is 6.92 Å². The van der Waals surface area contributed by atoms with E-state index in [0.717, 1.165) is 21.2 Å². The Hall–Kier alpha value is -1.97. The van der Waals surface area contributed by atoms with Gasteiger partial charge in [-0.1, -0.05) is 0 Å². The molecule has 0 aromatic carbocycles. The summed E-state index contributed by atoms with van der Waals surface area (Å²) in [7, 11) is 0. The normalized spacial score (nSPS) is 12.2. The van der Waals surface area contributed by atoms with E-state index in [9.17, 15) is 5.21 Å². The number of nitrogens with two attached hydrogens (primary N) is 1. The Morgan fingerprint density at radius 2 is 2.13 bits per heavy atom. The third-order valence-electron chi connectivity index (χ3n) is 2.28. The van der Waals surface area contributed by atoms with Gasteiger partial charge >= 0.3 is 0 Å². The van der Waals surface area contributed by atoms with Crippen LogP contribution >= 0.6 is 0 Å². The van der Waals surface area contributed by atoms with Gasteiger partial charge < -0.3 is 10.9 Å². The molecule has 1 aliphatic heterocycles. The molecule has 1 heterocycles. The molecule has 4 nitrogen and oxygen atoms in total. The summed E-state index contributed by atoms with van der Waals surface area (Å²) in [6, 6.07) is 5.47. The van der Waals surface area contributed by atoms with E-state index < -0.39 is 0 Å². The third-order valence-corrected chi connectivity index (χ3v) is 2.28. The van der Waals surface area contributed by atoms with Crippen LogP contribution in [0, 0.1) is 0 Å². The van der Waals surface area contributed by atoms with E-state index in [0.29, 0.717) is 12.2 Å². The summed E-state index contributed by atoms with van der Waals surface area (Å²) in [6.07, 6.45) is 3.16. The van der Waals surface area contributed by atoms with Crippen LogP contribution in [-0.2, 0) is 0 Å². The fraction of sp³-hybridized carbons (Fsp3) is 0.182. The summed E-state index contributed by atoms with van der Waals surface area (Å²) in [4.78, 5) is 4.34. The Balaban J connectivity index is 2.82. The van der Waals surface area contributed by atoms with E-state index in [1.165, 1.54) is 0 Å². The molecule has 2 rings (SSSR count). The minimum Gasteiger partial charge on any atom is -0.429 e. The maximum Gasteiger partial charge on any atom is 0.0670 e. The van der Waals surface area contributed by atoms with Crippen LogP contribution in [0.15, 0.2) is 35.6 Å². The van der Waals surface area contributed by atoms with Crippen molar-refractivity contribution in [1.29, 1.82) is 0 Å². The molecule has 0 saturated heterocycles. The standard InChI is InChI=1S/C11H13N3O/c1-2-13-11-4-3-10(12)8-5-6-14(15)7-9(8)11/h3-7,15H,2,12H2,1H3. The van der Waals surface area contributed by atoms with E-state index in [4.69, 9.17) is 5.73 Å². The Morgan fingerprint density at radius 1 is 1.33 bits per heavy atom. The number of aromatic nitrogens is 1. The Labute approximate surface area is 87.6 Å². The van der Waals surface area contributed by atoms with Gasteiger partial charge in [0, 0.05) is 29.6 Å². The molecule has 15 heavy (non-hydrogen) atoms. The first kappa shape index (κ1) is 9.58. The summed E-state index contributed by atoms with van der Waals surface area (Å²) >= 11 is 0. The van der Waals surface area contributed by atoms with Crippen LogP contribution in [0.25, 0.3) is 11.1 Å². The molecule has 0 fully saturated rings. The second kappa shape index (κ2) is 3.65. The van der Waals surface area contributed by atoms with Gasteiger partial charge in [-0.05, 0) is 25.1 Å². The van der Waals surface area contributed by atoms with Crippen LogP contribution in [0.3, 0.4) is 0 Å². The number of hydrogen-bond acceptors (Lipinski definition) is 3. The quantitative estimate of drug-likeness (QED) is 0.542. The minimum absolute atomic E-state index is 0.695. The Kier molecular flexibility index (Phi) is 2.33. The molecule has 0 amide bonds. The molecule has 0 bridgehead atoms. The topological polar surface area (TPSA) is 63.5 Å². The van der Waals surface area contributed by atoms with Crippen LogP contribution in [-0.4, -0.2) is 16.5 Å². The minimum atomic E-state index is 0.695. The highest BCUT2D eigenvalue weighted by Crippen LogP contribution is 2.23. The third kappa shape index (κ3) is 1.66. The maximum atomic E-state index is 9.35. The first-order valence-corrected chi connectivity index (χ1v) is 4.82. The lowest BCUT2D eigenvalue weighted by Crippen LogP contribution is -2.11. The first-order valence-electron chi connectivity index (χ1n) is 4.82. The predicted molar refractivity (Wildman–Crippen MR) is 58.8 cm³/mol. The number of benzene rings is 1. The molecule has 0 radical (unpaired) electrons. The van der Waals surface area contributed by atoms with Crippen LogP contribution < -0.4 is 11.1 Å². The number of fused-ring (bicyclic) bond motifs is 1. The van der Waals surface area contributed by atoms with Gasteiger partial charge in [-0.25, -0.2) is 4.73 Å². The molecule has 1 aliphatic carbocycles. The number of rotatable bonds is 1. The molecule has 0 aromatic heterocycles. The van der Waals surface area contributed by atoms with Crippen LogP contribution in [0.2, 0.25) is 0 Å². The lowest BCUT2D eigenvalue weighted by Gasteiger charge is -2.10. The Morgan fingerprint density at radius 3 is 2.87 bits per heavy atom. The molecule has 3 N–H and O–H groups in total. The molecule has 2 aliphatic rings. The smallest absolute Gasteiger partial charge is 0.0670 e. The van der Waals surface area contributed by atoms with E-state index >= 15 is 0 Å². The van der Waals surface area contributed by atoms with Crippen molar-refractivity contribution in [1.82, 2.24) is 4.73 Å². The fourth-order valence-electron chi connectivity index (χ4n) is 1.60. The maximum absolute atomic E-state index is 9.35. The van der Waals surface area contributed by atoms with Crippen molar-refractivity contribution < 1.29 is 5.21 Å². The lowest BCUT2D eigenvalue weighted by atomic mass is 10.0. The van der Waals surface area contributed by atoms with Gasteiger partial charge in [0.1, 0.15) is 0 Å². The first-order chi connectivity index (χ1) is 7.22. The number of nitrogens with zero attached hydrogens (tertiary/aromatic N) is 2. The van der Waals surface area contributed by atoms with Crippen molar-refractivity contribution in [3.8, 4) is 11.1 Å².